The summed E-state index contributed by atoms with van der Waals surface area (Å²) in [6, 6.07) is 16.7. The molecule has 0 aliphatic heterocycles. The Balaban J connectivity index is 2.17. The van der Waals surface area contributed by atoms with Crippen LogP contribution in [0.25, 0.3) is 0 Å². The smallest absolute Gasteiger partial charge is 0.0441 e. The summed E-state index contributed by atoms with van der Waals surface area (Å²) in [6.45, 7) is 2.78. The van der Waals surface area contributed by atoms with Crippen molar-refractivity contribution in [1.29, 1.82) is 0 Å². The second-order valence-electron chi connectivity index (χ2n) is 4.83. The predicted molar refractivity (Wildman–Crippen MR) is 82.8 cm³/mol. The molecule has 1 nitrogen and oxygen atoms in total. The van der Waals surface area contributed by atoms with Gasteiger partial charge in [0, 0.05) is 10.9 Å². The Kier molecular flexibility index (Phi) is 5.00. The van der Waals surface area contributed by atoms with E-state index in [-0.39, 0.29) is 5.92 Å². The fraction of sp³-hybridized carbons (Fsp3) is 0.294. The van der Waals surface area contributed by atoms with E-state index in [0.29, 0.717) is 6.54 Å². The zero-order valence-electron chi connectivity index (χ0n) is 11.3. The maximum absolute atomic E-state index is 6.26. The summed E-state index contributed by atoms with van der Waals surface area (Å²) in [5.41, 5.74) is 9.74. The summed E-state index contributed by atoms with van der Waals surface area (Å²) < 4.78 is 0. The SMILES string of the molecule is CCc1ccc(CC(CN)c2ccccc2Cl)cc1. The molecule has 0 aliphatic carbocycles. The van der Waals surface area contributed by atoms with Crippen LogP contribution in [0, 0.1) is 0 Å². The molecule has 100 valence electrons. The summed E-state index contributed by atoms with van der Waals surface area (Å²) in [6.07, 6.45) is 2.01. The quantitative estimate of drug-likeness (QED) is 0.869. The molecule has 0 saturated carbocycles. The lowest BCUT2D eigenvalue weighted by Gasteiger charge is -2.17. The van der Waals surface area contributed by atoms with Crippen LogP contribution in [-0.4, -0.2) is 6.54 Å². The highest BCUT2D eigenvalue weighted by atomic mass is 35.5. The van der Waals surface area contributed by atoms with Crippen LogP contribution in [0.1, 0.15) is 29.5 Å². The fourth-order valence-electron chi connectivity index (χ4n) is 2.32. The average Bonchev–Trinajstić information content (AvgIpc) is 2.46. The Labute approximate surface area is 120 Å². The summed E-state index contributed by atoms with van der Waals surface area (Å²) in [5, 5.41) is 0.808. The third kappa shape index (κ3) is 3.59. The molecule has 1 unspecified atom stereocenters. The van der Waals surface area contributed by atoms with Gasteiger partial charge in [0.2, 0.25) is 0 Å². The van der Waals surface area contributed by atoms with Crippen LogP contribution < -0.4 is 5.73 Å². The Morgan fingerprint density at radius 2 is 1.63 bits per heavy atom. The minimum atomic E-state index is 0.279. The van der Waals surface area contributed by atoms with E-state index in [9.17, 15) is 0 Å². The number of hydrogen-bond acceptors (Lipinski definition) is 1. The van der Waals surface area contributed by atoms with Crippen molar-refractivity contribution < 1.29 is 0 Å². The average molecular weight is 274 g/mol. The molecule has 0 bridgehead atoms. The highest BCUT2D eigenvalue weighted by Gasteiger charge is 2.13. The highest BCUT2D eigenvalue weighted by molar-refractivity contribution is 6.31. The molecule has 1 atom stereocenters. The molecule has 2 aromatic carbocycles. The number of hydrogen-bond donors (Lipinski definition) is 1. The van der Waals surface area contributed by atoms with Gasteiger partial charge in [0.1, 0.15) is 0 Å². The minimum Gasteiger partial charge on any atom is -0.330 e. The van der Waals surface area contributed by atoms with E-state index >= 15 is 0 Å². The normalized spacial score (nSPS) is 12.4. The molecule has 2 heteroatoms. The van der Waals surface area contributed by atoms with Gasteiger partial charge in [-0.1, -0.05) is 61.0 Å². The highest BCUT2D eigenvalue weighted by Crippen LogP contribution is 2.26. The lowest BCUT2D eigenvalue weighted by Crippen LogP contribution is -2.15. The standard InChI is InChI=1S/C17H20ClN/c1-2-13-7-9-14(10-8-13)11-15(12-19)16-5-3-4-6-17(16)18/h3-10,15H,2,11-12,19H2,1H3. The first-order valence-electron chi connectivity index (χ1n) is 6.77. The third-order valence-electron chi connectivity index (χ3n) is 3.54. The van der Waals surface area contributed by atoms with Crippen molar-refractivity contribution >= 4 is 11.6 Å². The van der Waals surface area contributed by atoms with E-state index in [1.54, 1.807) is 0 Å². The lowest BCUT2D eigenvalue weighted by atomic mass is 9.91. The first kappa shape index (κ1) is 14.1. The van der Waals surface area contributed by atoms with Crippen molar-refractivity contribution in [2.75, 3.05) is 6.54 Å². The van der Waals surface area contributed by atoms with Gasteiger partial charge in [0.15, 0.2) is 0 Å². The molecule has 0 aromatic heterocycles. The Morgan fingerprint density at radius 1 is 1.00 bits per heavy atom. The van der Waals surface area contributed by atoms with Crippen LogP contribution in [0.15, 0.2) is 48.5 Å². The van der Waals surface area contributed by atoms with Crippen LogP contribution >= 0.6 is 11.6 Å². The predicted octanol–water partition coefficient (Wildman–Crippen LogP) is 4.19. The molecular formula is C17H20ClN. The van der Waals surface area contributed by atoms with Crippen LogP contribution in [0.5, 0.6) is 0 Å². The maximum atomic E-state index is 6.26. The molecule has 0 fully saturated rings. The van der Waals surface area contributed by atoms with Crippen molar-refractivity contribution in [2.24, 2.45) is 5.73 Å². The molecular weight excluding hydrogens is 254 g/mol. The molecule has 2 N–H and O–H groups in total. The van der Waals surface area contributed by atoms with Gasteiger partial charge in [0.25, 0.3) is 0 Å². The molecule has 2 aromatic rings. The van der Waals surface area contributed by atoms with Crippen LogP contribution in [0.4, 0.5) is 0 Å². The zero-order valence-corrected chi connectivity index (χ0v) is 12.0. The van der Waals surface area contributed by atoms with Crippen LogP contribution in [0.3, 0.4) is 0 Å². The maximum Gasteiger partial charge on any atom is 0.0441 e. The van der Waals surface area contributed by atoms with E-state index in [4.69, 9.17) is 17.3 Å². The van der Waals surface area contributed by atoms with E-state index in [1.807, 2.05) is 18.2 Å². The number of halogens is 1. The van der Waals surface area contributed by atoms with Crippen LogP contribution in [-0.2, 0) is 12.8 Å². The zero-order chi connectivity index (χ0) is 13.7. The lowest BCUT2D eigenvalue weighted by molar-refractivity contribution is 0.694. The van der Waals surface area contributed by atoms with Gasteiger partial charge in [-0.3, -0.25) is 0 Å². The first-order chi connectivity index (χ1) is 9.24. The Morgan fingerprint density at radius 3 is 2.21 bits per heavy atom. The van der Waals surface area contributed by atoms with E-state index in [2.05, 4.69) is 37.3 Å². The summed E-state index contributed by atoms with van der Waals surface area (Å²) in [5.74, 6) is 0.279. The van der Waals surface area contributed by atoms with Crippen molar-refractivity contribution in [1.82, 2.24) is 0 Å². The topological polar surface area (TPSA) is 26.0 Å². The first-order valence-corrected chi connectivity index (χ1v) is 7.14. The Bertz CT molecular complexity index is 519. The summed E-state index contributed by atoms with van der Waals surface area (Å²) in [4.78, 5) is 0. The van der Waals surface area contributed by atoms with Crippen molar-refractivity contribution in [2.45, 2.75) is 25.7 Å². The van der Waals surface area contributed by atoms with Gasteiger partial charge in [-0.15, -0.1) is 0 Å². The van der Waals surface area contributed by atoms with Gasteiger partial charge in [-0.05, 0) is 42.1 Å². The second-order valence-corrected chi connectivity index (χ2v) is 5.24. The number of rotatable bonds is 5. The molecule has 0 aliphatic rings. The van der Waals surface area contributed by atoms with Gasteiger partial charge >= 0.3 is 0 Å². The largest absolute Gasteiger partial charge is 0.330 e. The van der Waals surface area contributed by atoms with Crippen molar-refractivity contribution in [3.05, 3.63) is 70.2 Å². The van der Waals surface area contributed by atoms with Crippen molar-refractivity contribution in [3.63, 3.8) is 0 Å². The summed E-state index contributed by atoms with van der Waals surface area (Å²) >= 11 is 6.26. The van der Waals surface area contributed by atoms with E-state index < -0.39 is 0 Å². The molecule has 19 heavy (non-hydrogen) atoms. The molecule has 2 rings (SSSR count). The Hall–Kier alpha value is -1.31. The van der Waals surface area contributed by atoms with Gasteiger partial charge in [-0.25, -0.2) is 0 Å². The molecule has 0 heterocycles. The number of aryl methyl sites for hydroxylation is 1. The summed E-state index contributed by atoms with van der Waals surface area (Å²) in [7, 11) is 0. The monoisotopic (exact) mass is 273 g/mol. The van der Waals surface area contributed by atoms with Gasteiger partial charge in [0.05, 0.1) is 0 Å². The van der Waals surface area contributed by atoms with Gasteiger partial charge in [-0.2, -0.15) is 0 Å². The third-order valence-corrected chi connectivity index (χ3v) is 3.89. The second kappa shape index (κ2) is 6.74. The molecule has 0 saturated heterocycles. The van der Waals surface area contributed by atoms with E-state index in [1.165, 1.54) is 11.1 Å². The molecule has 0 spiro atoms. The van der Waals surface area contributed by atoms with E-state index in [0.717, 1.165) is 23.4 Å². The van der Waals surface area contributed by atoms with Gasteiger partial charge < -0.3 is 5.73 Å². The van der Waals surface area contributed by atoms with Crippen molar-refractivity contribution in [3.8, 4) is 0 Å². The molecule has 0 amide bonds. The molecule has 0 radical (unpaired) electrons. The number of benzene rings is 2. The minimum absolute atomic E-state index is 0.279. The fourth-order valence-corrected chi connectivity index (χ4v) is 2.61. The van der Waals surface area contributed by atoms with Crippen LogP contribution in [0.2, 0.25) is 5.02 Å². The number of nitrogens with two attached hydrogens (primary N) is 1.